The fraction of sp³-hybridized carbons (Fsp3) is 0.500. The lowest BCUT2D eigenvalue weighted by Crippen LogP contribution is -2.41. The summed E-state index contributed by atoms with van der Waals surface area (Å²) in [6.45, 7) is 2.26. The first-order valence-corrected chi connectivity index (χ1v) is 6.88. The zero-order valence-electron chi connectivity index (χ0n) is 9.37. The van der Waals surface area contributed by atoms with E-state index < -0.39 is 0 Å². The monoisotopic (exact) mass is 256 g/mol. The predicted octanol–water partition coefficient (Wildman–Crippen LogP) is 3.13. The zero-order valence-corrected chi connectivity index (χ0v) is 10.9. The first-order valence-electron chi connectivity index (χ1n) is 5.52. The van der Waals surface area contributed by atoms with Gasteiger partial charge in [0.2, 0.25) is 0 Å². The zero-order chi connectivity index (χ0) is 11.6. The Bertz CT molecular complexity index is 364. The van der Waals surface area contributed by atoms with Gasteiger partial charge in [-0.3, -0.25) is 11.3 Å². The lowest BCUT2D eigenvalue weighted by molar-refractivity contribution is 0.421. The van der Waals surface area contributed by atoms with Gasteiger partial charge in [-0.15, -0.1) is 0 Å². The minimum atomic E-state index is 0.119. The van der Waals surface area contributed by atoms with Crippen molar-refractivity contribution in [1.82, 2.24) is 5.43 Å². The molecule has 0 amide bonds. The molecule has 1 aromatic rings. The van der Waals surface area contributed by atoms with Gasteiger partial charge in [0, 0.05) is 9.77 Å². The molecule has 88 valence electrons. The van der Waals surface area contributed by atoms with Crippen molar-refractivity contribution in [2.24, 2.45) is 5.84 Å². The van der Waals surface area contributed by atoms with Gasteiger partial charge in [0.05, 0.1) is 6.04 Å². The second-order valence-corrected chi connectivity index (χ2v) is 6.42. The Kier molecular flexibility index (Phi) is 3.80. The van der Waals surface area contributed by atoms with Crippen LogP contribution in [-0.4, -0.2) is 10.5 Å². The van der Waals surface area contributed by atoms with Gasteiger partial charge in [-0.2, -0.15) is 11.8 Å². The third-order valence-corrected chi connectivity index (χ3v) is 5.18. The summed E-state index contributed by atoms with van der Waals surface area (Å²) in [5.41, 5.74) is 4.04. The van der Waals surface area contributed by atoms with Crippen molar-refractivity contribution in [1.29, 1.82) is 0 Å². The molecule has 1 heterocycles. The van der Waals surface area contributed by atoms with Crippen molar-refractivity contribution in [2.75, 3.05) is 5.75 Å². The summed E-state index contributed by atoms with van der Waals surface area (Å²) in [4.78, 5) is 0. The van der Waals surface area contributed by atoms with E-state index in [1.165, 1.54) is 18.6 Å². The summed E-state index contributed by atoms with van der Waals surface area (Å²) in [5, 5.41) is 0.791. The molecular weight excluding hydrogens is 240 g/mol. The highest BCUT2D eigenvalue weighted by molar-refractivity contribution is 8.00. The molecule has 2 rings (SSSR count). The minimum Gasteiger partial charge on any atom is -0.271 e. The minimum absolute atomic E-state index is 0.119. The van der Waals surface area contributed by atoms with Crippen LogP contribution in [0.25, 0.3) is 0 Å². The molecule has 4 heteroatoms. The number of hydrogen-bond donors (Lipinski definition) is 2. The van der Waals surface area contributed by atoms with Crippen molar-refractivity contribution in [3.05, 3.63) is 34.9 Å². The van der Waals surface area contributed by atoms with Gasteiger partial charge in [0.25, 0.3) is 0 Å². The van der Waals surface area contributed by atoms with E-state index in [1.807, 2.05) is 30.0 Å². The van der Waals surface area contributed by atoms with E-state index in [4.69, 9.17) is 17.4 Å². The quantitative estimate of drug-likeness (QED) is 0.645. The maximum atomic E-state index is 6.23. The summed E-state index contributed by atoms with van der Waals surface area (Å²) in [6, 6.07) is 8.05. The van der Waals surface area contributed by atoms with Crippen molar-refractivity contribution in [3.63, 3.8) is 0 Å². The maximum absolute atomic E-state index is 6.23. The number of rotatable bonds is 3. The van der Waals surface area contributed by atoms with Gasteiger partial charge in [-0.25, -0.2) is 0 Å². The van der Waals surface area contributed by atoms with E-state index in [0.29, 0.717) is 0 Å². The highest BCUT2D eigenvalue weighted by atomic mass is 35.5. The van der Waals surface area contributed by atoms with Gasteiger partial charge in [-0.1, -0.05) is 29.8 Å². The Morgan fingerprint density at radius 1 is 1.50 bits per heavy atom. The molecule has 0 aliphatic carbocycles. The number of thioether (sulfide) groups is 1. The summed E-state index contributed by atoms with van der Waals surface area (Å²) in [7, 11) is 0. The molecule has 2 atom stereocenters. The molecule has 0 radical (unpaired) electrons. The number of nitrogens with two attached hydrogens (primary N) is 1. The van der Waals surface area contributed by atoms with Crippen LogP contribution in [0.2, 0.25) is 5.02 Å². The highest BCUT2D eigenvalue weighted by Crippen LogP contribution is 2.47. The van der Waals surface area contributed by atoms with Crippen molar-refractivity contribution in [2.45, 2.75) is 30.6 Å². The van der Waals surface area contributed by atoms with E-state index in [-0.39, 0.29) is 10.8 Å². The van der Waals surface area contributed by atoms with Crippen molar-refractivity contribution < 1.29 is 0 Å². The maximum Gasteiger partial charge on any atom is 0.0618 e. The van der Waals surface area contributed by atoms with Gasteiger partial charge in [-0.05, 0) is 37.1 Å². The van der Waals surface area contributed by atoms with Crippen LogP contribution in [0.3, 0.4) is 0 Å². The van der Waals surface area contributed by atoms with Gasteiger partial charge in [0.1, 0.15) is 0 Å². The van der Waals surface area contributed by atoms with Crippen molar-refractivity contribution >= 4 is 23.4 Å². The van der Waals surface area contributed by atoms with E-state index in [2.05, 4.69) is 18.4 Å². The number of hydrazine groups is 1. The van der Waals surface area contributed by atoms with E-state index >= 15 is 0 Å². The first-order chi connectivity index (χ1) is 7.67. The van der Waals surface area contributed by atoms with Crippen LogP contribution in [0.1, 0.15) is 31.4 Å². The summed E-state index contributed by atoms with van der Waals surface area (Å²) in [5.74, 6) is 6.92. The third-order valence-electron chi connectivity index (χ3n) is 3.24. The summed E-state index contributed by atoms with van der Waals surface area (Å²) >= 11 is 8.21. The van der Waals surface area contributed by atoms with Crippen LogP contribution < -0.4 is 11.3 Å². The fourth-order valence-corrected chi connectivity index (χ4v) is 3.98. The smallest absolute Gasteiger partial charge is 0.0618 e. The fourth-order valence-electron chi connectivity index (χ4n) is 2.33. The molecule has 1 fully saturated rings. The van der Waals surface area contributed by atoms with Crippen LogP contribution >= 0.6 is 23.4 Å². The average molecular weight is 257 g/mol. The molecule has 1 aromatic carbocycles. The standard InChI is InChI=1S/C12H17ClN2S/c1-12(7-4-8-16-12)11(15-14)9-5-2-3-6-10(9)13/h2-3,5-6,11,15H,4,7-8,14H2,1H3. The second-order valence-electron chi connectivity index (χ2n) is 4.39. The molecule has 2 unspecified atom stereocenters. The predicted molar refractivity (Wildman–Crippen MR) is 71.6 cm³/mol. The molecule has 0 saturated carbocycles. The molecule has 16 heavy (non-hydrogen) atoms. The van der Waals surface area contributed by atoms with Crippen LogP contribution in [-0.2, 0) is 0 Å². The second kappa shape index (κ2) is 4.96. The normalized spacial score (nSPS) is 26.9. The number of hydrogen-bond acceptors (Lipinski definition) is 3. The van der Waals surface area contributed by atoms with E-state index in [0.717, 1.165) is 10.6 Å². The SMILES string of the molecule is CC1(C(NN)c2ccccc2Cl)CCCS1. The molecule has 0 spiro atoms. The molecule has 1 aliphatic heterocycles. The Balaban J connectivity index is 2.32. The highest BCUT2D eigenvalue weighted by Gasteiger charge is 2.38. The van der Waals surface area contributed by atoms with Crippen LogP contribution in [0.4, 0.5) is 0 Å². The largest absolute Gasteiger partial charge is 0.271 e. The molecular formula is C12H17ClN2S. The third kappa shape index (κ3) is 2.23. The molecule has 0 aromatic heterocycles. The molecule has 2 nitrogen and oxygen atoms in total. The Morgan fingerprint density at radius 2 is 2.25 bits per heavy atom. The molecule has 3 N–H and O–H groups in total. The van der Waals surface area contributed by atoms with Gasteiger partial charge in [0.15, 0.2) is 0 Å². The Labute approximate surface area is 106 Å². The lowest BCUT2D eigenvalue weighted by Gasteiger charge is -2.33. The van der Waals surface area contributed by atoms with Gasteiger partial charge >= 0.3 is 0 Å². The topological polar surface area (TPSA) is 38.0 Å². The van der Waals surface area contributed by atoms with Crippen LogP contribution in [0.5, 0.6) is 0 Å². The first kappa shape index (κ1) is 12.2. The summed E-state index contributed by atoms with van der Waals surface area (Å²) in [6.07, 6.45) is 2.43. The van der Waals surface area contributed by atoms with Crippen LogP contribution in [0.15, 0.2) is 24.3 Å². The lowest BCUT2D eigenvalue weighted by atomic mass is 9.91. The number of nitrogens with one attached hydrogen (secondary N) is 1. The summed E-state index contributed by atoms with van der Waals surface area (Å²) < 4.78 is 0.153. The number of benzene rings is 1. The van der Waals surface area contributed by atoms with Crippen LogP contribution in [0, 0.1) is 0 Å². The van der Waals surface area contributed by atoms with E-state index in [9.17, 15) is 0 Å². The van der Waals surface area contributed by atoms with Gasteiger partial charge < -0.3 is 0 Å². The van der Waals surface area contributed by atoms with E-state index in [1.54, 1.807) is 0 Å². The average Bonchev–Trinajstić information content (AvgIpc) is 2.70. The molecule has 0 bridgehead atoms. The number of halogens is 1. The Hall–Kier alpha value is -0.220. The Morgan fingerprint density at radius 3 is 2.81 bits per heavy atom. The molecule has 1 aliphatic rings. The van der Waals surface area contributed by atoms with Crippen molar-refractivity contribution in [3.8, 4) is 0 Å². The molecule has 1 saturated heterocycles.